The predicted molar refractivity (Wildman–Crippen MR) is 57.5 cm³/mol. The summed E-state index contributed by atoms with van der Waals surface area (Å²) in [5.41, 5.74) is 0.238. The van der Waals surface area contributed by atoms with Gasteiger partial charge < -0.3 is 5.11 Å². The van der Waals surface area contributed by atoms with Gasteiger partial charge in [-0.3, -0.25) is 9.36 Å². The first-order chi connectivity index (χ1) is 7.77. The Labute approximate surface area is 91.2 Å². The quantitative estimate of drug-likeness (QED) is 0.787. The van der Waals surface area contributed by atoms with Crippen LogP contribution in [0, 0.1) is 11.3 Å². The van der Waals surface area contributed by atoms with Gasteiger partial charge in [-0.05, 0) is 12.1 Å². The van der Waals surface area contributed by atoms with E-state index < -0.39 is 0 Å². The maximum atomic E-state index is 12.0. The molecule has 0 saturated heterocycles. The maximum Gasteiger partial charge on any atom is 0.262 e. The van der Waals surface area contributed by atoms with Crippen LogP contribution in [0.25, 0.3) is 10.9 Å². The van der Waals surface area contributed by atoms with E-state index in [0.717, 1.165) is 0 Å². The zero-order valence-corrected chi connectivity index (χ0v) is 8.42. The van der Waals surface area contributed by atoms with Crippen LogP contribution >= 0.6 is 0 Å². The molecule has 0 aliphatic heterocycles. The fourth-order valence-electron chi connectivity index (χ4n) is 1.57. The van der Waals surface area contributed by atoms with Gasteiger partial charge in [0, 0.05) is 0 Å². The van der Waals surface area contributed by atoms with Crippen molar-refractivity contribution in [2.24, 2.45) is 0 Å². The van der Waals surface area contributed by atoms with Crippen LogP contribution in [-0.2, 0) is 13.2 Å². The summed E-state index contributed by atoms with van der Waals surface area (Å²) in [4.78, 5) is 16.1. The first-order valence-corrected chi connectivity index (χ1v) is 4.74. The minimum absolute atomic E-state index is 0.105. The minimum atomic E-state index is -0.359. The van der Waals surface area contributed by atoms with Crippen molar-refractivity contribution < 1.29 is 5.11 Å². The molecule has 80 valence electrons. The molecule has 5 heteroatoms. The molecule has 0 aliphatic carbocycles. The summed E-state index contributed by atoms with van der Waals surface area (Å²) in [6, 6.07) is 8.73. The van der Waals surface area contributed by atoms with E-state index in [1.807, 2.05) is 6.07 Å². The third-order valence-electron chi connectivity index (χ3n) is 2.31. The molecule has 0 aliphatic rings. The molecule has 0 fully saturated rings. The molecule has 0 saturated carbocycles. The zero-order chi connectivity index (χ0) is 11.5. The smallest absolute Gasteiger partial charge is 0.262 e. The average molecular weight is 215 g/mol. The number of aliphatic hydroxyl groups is 1. The van der Waals surface area contributed by atoms with Crippen molar-refractivity contribution in [3.8, 4) is 6.07 Å². The minimum Gasteiger partial charge on any atom is -0.388 e. The number of nitrogens with zero attached hydrogens (tertiary/aromatic N) is 3. The van der Waals surface area contributed by atoms with Crippen LogP contribution < -0.4 is 5.56 Å². The van der Waals surface area contributed by atoms with Gasteiger partial charge in [0.25, 0.3) is 5.56 Å². The number of benzene rings is 1. The number of para-hydroxylation sites is 1. The van der Waals surface area contributed by atoms with E-state index in [2.05, 4.69) is 4.98 Å². The molecule has 0 radical (unpaired) electrons. The number of aliphatic hydroxyl groups excluding tert-OH is 1. The fourth-order valence-corrected chi connectivity index (χ4v) is 1.57. The van der Waals surface area contributed by atoms with Crippen LogP contribution in [0.4, 0.5) is 0 Å². The summed E-state index contributed by atoms with van der Waals surface area (Å²) < 4.78 is 1.18. The average Bonchev–Trinajstić information content (AvgIpc) is 2.33. The highest BCUT2D eigenvalue weighted by Crippen LogP contribution is 2.07. The molecule has 1 heterocycles. The molecule has 1 N–H and O–H groups in total. The predicted octanol–water partition coefficient (Wildman–Crippen LogP) is 0.412. The van der Waals surface area contributed by atoms with Gasteiger partial charge in [-0.15, -0.1) is 0 Å². The molecule has 1 aromatic carbocycles. The Bertz CT molecular complexity index is 625. The van der Waals surface area contributed by atoms with E-state index in [4.69, 9.17) is 10.4 Å². The number of nitriles is 1. The molecule has 0 unspecified atom stereocenters. The summed E-state index contributed by atoms with van der Waals surface area (Å²) in [6.07, 6.45) is 0. The van der Waals surface area contributed by atoms with E-state index in [1.54, 1.807) is 24.3 Å². The second kappa shape index (κ2) is 4.13. The molecular formula is C11H9N3O2. The number of hydrogen-bond acceptors (Lipinski definition) is 4. The van der Waals surface area contributed by atoms with Crippen molar-refractivity contribution in [1.29, 1.82) is 5.26 Å². The lowest BCUT2D eigenvalue weighted by molar-refractivity contribution is 0.264. The van der Waals surface area contributed by atoms with Gasteiger partial charge in [-0.1, -0.05) is 12.1 Å². The van der Waals surface area contributed by atoms with Gasteiger partial charge in [-0.25, -0.2) is 4.98 Å². The molecule has 0 spiro atoms. The highest BCUT2D eigenvalue weighted by molar-refractivity contribution is 5.77. The molecule has 2 aromatic rings. The summed E-state index contributed by atoms with van der Waals surface area (Å²) in [5.74, 6) is 0.213. The summed E-state index contributed by atoms with van der Waals surface area (Å²) in [5, 5.41) is 18.2. The molecule has 2 rings (SSSR count). The second-order valence-electron chi connectivity index (χ2n) is 3.25. The van der Waals surface area contributed by atoms with Gasteiger partial charge in [0.1, 0.15) is 19.0 Å². The third-order valence-corrected chi connectivity index (χ3v) is 2.31. The largest absolute Gasteiger partial charge is 0.388 e. The molecule has 16 heavy (non-hydrogen) atoms. The first-order valence-electron chi connectivity index (χ1n) is 4.74. The van der Waals surface area contributed by atoms with Crippen molar-refractivity contribution in [3.63, 3.8) is 0 Å². The topological polar surface area (TPSA) is 78.9 Å². The van der Waals surface area contributed by atoms with Crippen molar-refractivity contribution >= 4 is 10.9 Å². The Balaban J connectivity index is 2.83. The van der Waals surface area contributed by atoms with Crippen molar-refractivity contribution in [3.05, 3.63) is 40.4 Å². The van der Waals surface area contributed by atoms with Crippen LogP contribution in [0.1, 0.15) is 5.82 Å². The zero-order valence-electron chi connectivity index (χ0n) is 8.42. The van der Waals surface area contributed by atoms with E-state index in [0.29, 0.717) is 10.9 Å². The molecule has 1 aromatic heterocycles. The molecule has 0 amide bonds. The SMILES string of the molecule is N#CCn1c(CO)nc2ccccc2c1=O. The fraction of sp³-hybridized carbons (Fsp3) is 0.182. The van der Waals surface area contributed by atoms with Gasteiger partial charge in [-0.2, -0.15) is 5.26 Å². The normalized spacial score (nSPS) is 10.2. The Kier molecular flexibility index (Phi) is 2.66. The number of aromatic nitrogens is 2. The van der Waals surface area contributed by atoms with Crippen molar-refractivity contribution in [1.82, 2.24) is 9.55 Å². The number of hydrogen-bond donors (Lipinski definition) is 1. The third kappa shape index (κ3) is 1.55. The summed E-state index contributed by atoms with van der Waals surface area (Å²) in [6.45, 7) is -0.464. The van der Waals surface area contributed by atoms with Gasteiger partial charge in [0.15, 0.2) is 0 Å². The lowest BCUT2D eigenvalue weighted by Gasteiger charge is -2.07. The molecule has 5 nitrogen and oxygen atoms in total. The van der Waals surface area contributed by atoms with Gasteiger partial charge >= 0.3 is 0 Å². The highest BCUT2D eigenvalue weighted by atomic mass is 16.3. The van der Waals surface area contributed by atoms with Crippen LogP contribution in [0.2, 0.25) is 0 Å². The molecule has 0 atom stereocenters. The lowest BCUT2D eigenvalue weighted by atomic mass is 10.2. The monoisotopic (exact) mass is 215 g/mol. The highest BCUT2D eigenvalue weighted by Gasteiger charge is 2.08. The van der Waals surface area contributed by atoms with Crippen molar-refractivity contribution in [2.75, 3.05) is 0 Å². The maximum absolute atomic E-state index is 12.0. The van der Waals surface area contributed by atoms with Crippen molar-refractivity contribution in [2.45, 2.75) is 13.2 Å². The number of fused-ring (bicyclic) bond motifs is 1. The number of rotatable bonds is 2. The van der Waals surface area contributed by atoms with Gasteiger partial charge in [0.05, 0.1) is 17.0 Å². The van der Waals surface area contributed by atoms with E-state index >= 15 is 0 Å². The summed E-state index contributed by atoms with van der Waals surface area (Å²) in [7, 11) is 0. The summed E-state index contributed by atoms with van der Waals surface area (Å²) >= 11 is 0. The van der Waals surface area contributed by atoms with E-state index in [1.165, 1.54) is 4.57 Å². The Morgan fingerprint density at radius 2 is 2.19 bits per heavy atom. The Hall–Kier alpha value is -2.19. The van der Waals surface area contributed by atoms with E-state index in [9.17, 15) is 4.79 Å². The van der Waals surface area contributed by atoms with Crippen LogP contribution in [0.5, 0.6) is 0 Å². The Morgan fingerprint density at radius 1 is 1.44 bits per heavy atom. The van der Waals surface area contributed by atoms with Gasteiger partial charge in [0.2, 0.25) is 0 Å². The standard InChI is InChI=1S/C11H9N3O2/c12-5-6-14-10(7-15)13-9-4-2-1-3-8(9)11(14)16/h1-4,15H,6-7H2. The molecular weight excluding hydrogens is 206 g/mol. The van der Waals surface area contributed by atoms with E-state index in [-0.39, 0.29) is 24.5 Å². The lowest BCUT2D eigenvalue weighted by Crippen LogP contribution is -2.25. The van der Waals surface area contributed by atoms with Crippen LogP contribution in [0.3, 0.4) is 0 Å². The van der Waals surface area contributed by atoms with Crippen LogP contribution in [-0.4, -0.2) is 14.7 Å². The Morgan fingerprint density at radius 3 is 2.88 bits per heavy atom. The molecule has 0 bridgehead atoms. The first kappa shape index (κ1) is 10.3. The second-order valence-corrected chi connectivity index (χ2v) is 3.25. The van der Waals surface area contributed by atoms with Crippen LogP contribution in [0.15, 0.2) is 29.1 Å².